The zero-order valence-corrected chi connectivity index (χ0v) is 15.0. The van der Waals surface area contributed by atoms with E-state index in [2.05, 4.69) is 41.4 Å². The monoisotopic (exact) mass is 347 g/mol. The van der Waals surface area contributed by atoms with Crippen LogP contribution in [0.1, 0.15) is 17.5 Å². The van der Waals surface area contributed by atoms with Crippen LogP contribution < -0.4 is 5.32 Å². The second-order valence-corrected chi connectivity index (χ2v) is 7.68. The topological polar surface area (TPSA) is 52.7 Å². The summed E-state index contributed by atoms with van der Waals surface area (Å²) in [6.45, 7) is 5.81. The Bertz CT molecular complexity index is 584. The maximum Gasteiger partial charge on any atom is 0.237 e. The van der Waals surface area contributed by atoms with Gasteiger partial charge in [0, 0.05) is 44.2 Å². The highest BCUT2D eigenvalue weighted by Gasteiger charge is 2.33. The van der Waals surface area contributed by atoms with Gasteiger partial charge in [0.15, 0.2) is 0 Å². The van der Waals surface area contributed by atoms with Gasteiger partial charge in [-0.25, -0.2) is 0 Å². The highest BCUT2D eigenvalue weighted by Crippen LogP contribution is 2.17. The maximum atomic E-state index is 12.6. The van der Waals surface area contributed by atoms with E-state index in [9.17, 15) is 9.59 Å². The molecule has 6 heteroatoms. The minimum Gasteiger partial charge on any atom is -0.353 e. The maximum absolute atomic E-state index is 12.6. The average Bonchev–Trinajstić information content (AvgIpc) is 2.60. The molecular weight excluding hydrogens is 322 g/mol. The van der Waals surface area contributed by atoms with Gasteiger partial charge in [0.2, 0.25) is 11.8 Å². The van der Waals surface area contributed by atoms with E-state index in [4.69, 9.17) is 0 Å². The average molecular weight is 347 g/mol. The number of aryl methyl sites for hydroxylation is 1. The summed E-state index contributed by atoms with van der Waals surface area (Å²) in [6.07, 6.45) is 0.280. The van der Waals surface area contributed by atoms with E-state index >= 15 is 0 Å². The number of carbonyl (C=O) groups is 2. The summed E-state index contributed by atoms with van der Waals surface area (Å²) in [4.78, 5) is 28.9. The van der Waals surface area contributed by atoms with Crippen LogP contribution in [-0.2, 0) is 16.1 Å². The fraction of sp³-hybridized carbons (Fsp3) is 0.556. The van der Waals surface area contributed by atoms with Crippen LogP contribution in [-0.4, -0.2) is 65.3 Å². The molecule has 1 aromatic carbocycles. The molecule has 0 saturated carbocycles. The molecule has 2 aliphatic heterocycles. The van der Waals surface area contributed by atoms with Crippen molar-refractivity contribution in [3.05, 3.63) is 35.4 Å². The number of nitrogens with one attached hydrogen (secondary N) is 1. The lowest BCUT2D eigenvalue weighted by Crippen LogP contribution is -2.56. The SMILES string of the molecule is Cc1ccc(CN2CCNC(=O)C2CC(=O)N2CCSCC2)cc1. The molecule has 1 aromatic rings. The quantitative estimate of drug-likeness (QED) is 0.891. The number of thioether (sulfide) groups is 1. The number of benzene rings is 1. The summed E-state index contributed by atoms with van der Waals surface area (Å²) in [7, 11) is 0. The van der Waals surface area contributed by atoms with Gasteiger partial charge in [0.05, 0.1) is 12.5 Å². The first-order valence-corrected chi connectivity index (χ1v) is 9.72. The van der Waals surface area contributed by atoms with Gasteiger partial charge in [0.1, 0.15) is 0 Å². The molecule has 24 heavy (non-hydrogen) atoms. The normalized spacial score (nSPS) is 22.3. The summed E-state index contributed by atoms with van der Waals surface area (Å²) in [6, 6.07) is 8.02. The molecule has 0 aromatic heterocycles. The van der Waals surface area contributed by atoms with Crippen LogP contribution in [0.15, 0.2) is 24.3 Å². The van der Waals surface area contributed by atoms with Crippen LogP contribution in [0.5, 0.6) is 0 Å². The van der Waals surface area contributed by atoms with Crippen LogP contribution in [0.25, 0.3) is 0 Å². The minimum atomic E-state index is -0.359. The lowest BCUT2D eigenvalue weighted by molar-refractivity contribution is -0.138. The number of hydrogen-bond donors (Lipinski definition) is 1. The van der Waals surface area contributed by atoms with Crippen LogP contribution >= 0.6 is 11.8 Å². The predicted octanol–water partition coefficient (Wildman–Crippen LogP) is 1.26. The third-order valence-electron chi connectivity index (χ3n) is 4.68. The molecule has 2 amide bonds. The van der Waals surface area contributed by atoms with Crippen molar-refractivity contribution in [3.8, 4) is 0 Å². The Balaban J connectivity index is 1.66. The van der Waals surface area contributed by atoms with E-state index in [0.29, 0.717) is 13.1 Å². The molecular formula is C18H25N3O2S. The molecule has 2 heterocycles. The van der Waals surface area contributed by atoms with Crippen LogP contribution in [0.3, 0.4) is 0 Å². The Morgan fingerprint density at radius 1 is 1.21 bits per heavy atom. The van der Waals surface area contributed by atoms with Crippen molar-refractivity contribution < 1.29 is 9.59 Å². The second kappa shape index (κ2) is 8.03. The molecule has 1 atom stereocenters. The van der Waals surface area contributed by atoms with E-state index in [1.165, 1.54) is 11.1 Å². The Kier molecular flexibility index (Phi) is 5.79. The van der Waals surface area contributed by atoms with E-state index < -0.39 is 0 Å². The van der Waals surface area contributed by atoms with Gasteiger partial charge in [-0.2, -0.15) is 11.8 Å². The summed E-state index contributed by atoms with van der Waals surface area (Å²) in [5.41, 5.74) is 2.41. The largest absolute Gasteiger partial charge is 0.353 e. The van der Waals surface area contributed by atoms with Gasteiger partial charge >= 0.3 is 0 Å². The Hall–Kier alpha value is -1.53. The lowest BCUT2D eigenvalue weighted by Gasteiger charge is -2.36. The molecule has 0 spiro atoms. The minimum absolute atomic E-state index is 0.0203. The van der Waals surface area contributed by atoms with Gasteiger partial charge in [-0.3, -0.25) is 14.5 Å². The van der Waals surface area contributed by atoms with Crippen molar-refractivity contribution in [2.24, 2.45) is 0 Å². The van der Waals surface area contributed by atoms with Gasteiger partial charge in [0.25, 0.3) is 0 Å². The molecule has 5 nitrogen and oxygen atoms in total. The number of hydrogen-bond acceptors (Lipinski definition) is 4. The van der Waals surface area contributed by atoms with Crippen molar-refractivity contribution in [2.75, 3.05) is 37.7 Å². The predicted molar refractivity (Wildman–Crippen MR) is 96.9 cm³/mol. The van der Waals surface area contributed by atoms with E-state index in [0.717, 1.165) is 31.1 Å². The fourth-order valence-corrected chi connectivity index (χ4v) is 4.11. The van der Waals surface area contributed by atoms with Crippen LogP contribution in [0.2, 0.25) is 0 Å². The molecule has 130 valence electrons. The van der Waals surface area contributed by atoms with Crippen molar-refractivity contribution in [3.63, 3.8) is 0 Å². The number of piperazine rings is 1. The van der Waals surface area contributed by atoms with Crippen molar-refractivity contribution >= 4 is 23.6 Å². The first kappa shape index (κ1) is 17.3. The second-order valence-electron chi connectivity index (χ2n) is 6.46. The fourth-order valence-electron chi connectivity index (χ4n) is 3.21. The van der Waals surface area contributed by atoms with E-state index in [1.54, 1.807) is 0 Å². The lowest BCUT2D eigenvalue weighted by atomic mass is 10.1. The number of carbonyl (C=O) groups excluding carboxylic acids is 2. The number of nitrogens with zero attached hydrogens (tertiary/aromatic N) is 2. The Morgan fingerprint density at radius 3 is 2.62 bits per heavy atom. The van der Waals surface area contributed by atoms with Gasteiger partial charge < -0.3 is 10.2 Å². The van der Waals surface area contributed by atoms with Crippen molar-refractivity contribution in [1.82, 2.24) is 15.1 Å². The molecule has 0 radical (unpaired) electrons. The summed E-state index contributed by atoms with van der Waals surface area (Å²) < 4.78 is 0. The number of amides is 2. The third kappa shape index (κ3) is 4.30. The van der Waals surface area contributed by atoms with E-state index in [-0.39, 0.29) is 24.3 Å². The Morgan fingerprint density at radius 2 is 1.92 bits per heavy atom. The van der Waals surface area contributed by atoms with Crippen LogP contribution in [0, 0.1) is 6.92 Å². The highest BCUT2D eigenvalue weighted by molar-refractivity contribution is 7.99. The first-order chi connectivity index (χ1) is 11.6. The summed E-state index contributed by atoms with van der Waals surface area (Å²) in [5, 5.41) is 2.91. The number of rotatable bonds is 4. The molecule has 2 fully saturated rings. The molecule has 3 rings (SSSR count). The molecule has 1 unspecified atom stereocenters. The standard InChI is InChI=1S/C18H25N3O2S/c1-14-2-4-15(5-3-14)13-21-7-6-19-18(23)16(21)12-17(22)20-8-10-24-11-9-20/h2-5,16H,6-13H2,1H3,(H,19,23). The zero-order valence-electron chi connectivity index (χ0n) is 14.2. The molecule has 1 N–H and O–H groups in total. The van der Waals surface area contributed by atoms with Crippen molar-refractivity contribution in [2.45, 2.75) is 25.9 Å². The molecule has 2 saturated heterocycles. The third-order valence-corrected chi connectivity index (χ3v) is 5.62. The summed E-state index contributed by atoms with van der Waals surface area (Å²) in [5.74, 6) is 2.07. The van der Waals surface area contributed by atoms with Gasteiger partial charge in [-0.05, 0) is 12.5 Å². The summed E-state index contributed by atoms with van der Waals surface area (Å²) >= 11 is 1.88. The Labute approximate surface area is 147 Å². The van der Waals surface area contributed by atoms with Crippen LogP contribution in [0.4, 0.5) is 0 Å². The zero-order chi connectivity index (χ0) is 16.9. The first-order valence-electron chi connectivity index (χ1n) is 8.56. The van der Waals surface area contributed by atoms with Gasteiger partial charge in [-0.1, -0.05) is 29.8 Å². The smallest absolute Gasteiger partial charge is 0.237 e. The molecule has 0 aliphatic carbocycles. The van der Waals surface area contributed by atoms with E-state index in [1.807, 2.05) is 16.7 Å². The van der Waals surface area contributed by atoms with Gasteiger partial charge in [-0.15, -0.1) is 0 Å². The highest BCUT2D eigenvalue weighted by atomic mass is 32.2. The van der Waals surface area contributed by atoms with Crippen molar-refractivity contribution in [1.29, 1.82) is 0 Å². The molecule has 0 bridgehead atoms. The molecule has 2 aliphatic rings.